The van der Waals surface area contributed by atoms with Gasteiger partial charge in [0.15, 0.2) is 0 Å². The van der Waals surface area contributed by atoms with Gasteiger partial charge in [0.25, 0.3) is 0 Å². The van der Waals surface area contributed by atoms with Crippen molar-refractivity contribution in [3.63, 3.8) is 0 Å². The summed E-state index contributed by atoms with van der Waals surface area (Å²) >= 11 is 0. The van der Waals surface area contributed by atoms with Gasteiger partial charge in [-0.2, -0.15) is 0 Å². The Morgan fingerprint density at radius 3 is 1.94 bits per heavy atom. The molecule has 1 aliphatic carbocycles. The lowest BCUT2D eigenvalue weighted by Crippen LogP contribution is -2.28. The first-order valence-electron chi connectivity index (χ1n) is 5.48. The van der Waals surface area contributed by atoms with Crippen molar-refractivity contribution in [3.05, 3.63) is 23.0 Å². The molecule has 0 aromatic carbocycles. The summed E-state index contributed by atoms with van der Waals surface area (Å²) in [4.78, 5) is 23.8. The summed E-state index contributed by atoms with van der Waals surface area (Å²) < 4.78 is 5.19. The van der Waals surface area contributed by atoms with E-state index in [-0.39, 0.29) is 17.6 Å². The third-order valence-corrected chi connectivity index (χ3v) is 2.68. The topological polar surface area (TPSA) is 43.4 Å². The van der Waals surface area contributed by atoms with Crippen molar-refractivity contribution in [3.8, 4) is 0 Å². The second-order valence-corrected chi connectivity index (χ2v) is 4.55. The highest BCUT2D eigenvalue weighted by Crippen LogP contribution is 2.28. The molecule has 0 saturated carbocycles. The average molecular weight is 222 g/mol. The molecule has 0 atom stereocenters. The maximum absolute atomic E-state index is 11.9. The Hall–Kier alpha value is -1.38. The van der Waals surface area contributed by atoms with Crippen LogP contribution in [-0.4, -0.2) is 18.7 Å². The molecule has 0 saturated heterocycles. The molecule has 1 rings (SSSR count). The van der Waals surface area contributed by atoms with E-state index in [4.69, 9.17) is 4.74 Å². The van der Waals surface area contributed by atoms with E-state index in [0.717, 1.165) is 0 Å². The van der Waals surface area contributed by atoms with Gasteiger partial charge < -0.3 is 4.74 Å². The van der Waals surface area contributed by atoms with E-state index in [9.17, 15) is 9.59 Å². The highest BCUT2D eigenvalue weighted by atomic mass is 16.5. The first-order valence-corrected chi connectivity index (χ1v) is 5.48. The SMILES string of the molecule is COC1=C(C(C)C)C(=O)C(=O)C(C(C)C)=C1. The molecule has 0 aromatic rings. The van der Waals surface area contributed by atoms with E-state index < -0.39 is 5.78 Å². The quantitative estimate of drug-likeness (QED) is 0.543. The molecular formula is C13H18O3. The maximum atomic E-state index is 11.9. The Bertz CT molecular complexity index is 384. The summed E-state index contributed by atoms with van der Waals surface area (Å²) in [5, 5.41) is 0. The van der Waals surface area contributed by atoms with Crippen LogP contribution < -0.4 is 0 Å². The van der Waals surface area contributed by atoms with Crippen molar-refractivity contribution in [2.24, 2.45) is 11.8 Å². The molecule has 0 radical (unpaired) electrons. The second kappa shape index (κ2) is 4.64. The number of carbonyl (C=O) groups excluding carboxylic acids is 2. The summed E-state index contributed by atoms with van der Waals surface area (Å²) in [6.45, 7) is 7.55. The summed E-state index contributed by atoms with van der Waals surface area (Å²) in [5.74, 6) is -0.243. The zero-order valence-corrected chi connectivity index (χ0v) is 10.5. The lowest BCUT2D eigenvalue weighted by atomic mass is 9.84. The minimum atomic E-state index is -0.418. The van der Waals surface area contributed by atoms with Crippen molar-refractivity contribution in [1.29, 1.82) is 0 Å². The lowest BCUT2D eigenvalue weighted by Gasteiger charge is -2.21. The Morgan fingerprint density at radius 2 is 1.56 bits per heavy atom. The Kier molecular flexibility index (Phi) is 3.68. The second-order valence-electron chi connectivity index (χ2n) is 4.55. The van der Waals surface area contributed by atoms with Crippen LogP contribution in [0.2, 0.25) is 0 Å². The predicted octanol–water partition coefficient (Wildman–Crippen LogP) is 2.28. The van der Waals surface area contributed by atoms with E-state index in [1.165, 1.54) is 7.11 Å². The maximum Gasteiger partial charge on any atom is 0.233 e. The van der Waals surface area contributed by atoms with E-state index in [0.29, 0.717) is 16.9 Å². The minimum absolute atomic E-state index is 0.00337. The third-order valence-electron chi connectivity index (χ3n) is 2.68. The van der Waals surface area contributed by atoms with Crippen molar-refractivity contribution in [2.45, 2.75) is 27.7 Å². The molecule has 0 aliphatic heterocycles. The number of methoxy groups -OCH3 is 1. The average Bonchev–Trinajstić information content (AvgIpc) is 2.20. The van der Waals surface area contributed by atoms with Crippen LogP contribution in [0.1, 0.15) is 27.7 Å². The number of hydrogen-bond donors (Lipinski definition) is 0. The molecule has 3 heteroatoms. The highest BCUT2D eigenvalue weighted by molar-refractivity contribution is 6.50. The molecule has 1 aliphatic rings. The van der Waals surface area contributed by atoms with Gasteiger partial charge in [0, 0.05) is 11.1 Å². The van der Waals surface area contributed by atoms with Crippen LogP contribution in [0.5, 0.6) is 0 Å². The van der Waals surface area contributed by atoms with Crippen LogP contribution in [-0.2, 0) is 14.3 Å². The van der Waals surface area contributed by atoms with Gasteiger partial charge in [-0.1, -0.05) is 27.7 Å². The van der Waals surface area contributed by atoms with Crippen LogP contribution in [0.3, 0.4) is 0 Å². The van der Waals surface area contributed by atoms with Crippen molar-refractivity contribution >= 4 is 11.6 Å². The zero-order valence-electron chi connectivity index (χ0n) is 10.5. The Balaban J connectivity index is 3.33. The van der Waals surface area contributed by atoms with Gasteiger partial charge in [0.05, 0.1) is 7.11 Å². The number of carbonyl (C=O) groups is 2. The minimum Gasteiger partial charge on any atom is -0.496 e. The molecule has 88 valence electrons. The standard InChI is InChI=1S/C13H18O3/c1-7(2)9-6-10(16-5)11(8(3)4)13(15)12(9)14/h6-8H,1-5H3. The van der Waals surface area contributed by atoms with Crippen molar-refractivity contribution in [2.75, 3.05) is 7.11 Å². The number of allylic oxidation sites excluding steroid dienone is 3. The van der Waals surface area contributed by atoms with Crippen LogP contribution in [0, 0.1) is 11.8 Å². The Morgan fingerprint density at radius 1 is 1.00 bits per heavy atom. The number of Topliss-reactive ketones (excluding diaryl/α,β-unsaturated/α-hetero) is 2. The van der Waals surface area contributed by atoms with E-state index in [1.54, 1.807) is 6.08 Å². The summed E-state index contributed by atoms with van der Waals surface area (Å²) in [6, 6.07) is 0. The van der Waals surface area contributed by atoms with E-state index in [2.05, 4.69) is 0 Å². The molecule has 0 unspecified atom stereocenters. The monoisotopic (exact) mass is 222 g/mol. The number of ketones is 2. The number of ether oxygens (including phenoxy) is 1. The van der Waals surface area contributed by atoms with Crippen molar-refractivity contribution in [1.82, 2.24) is 0 Å². The fourth-order valence-electron chi connectivity index (χ4n) is 1.79. The first kappa shape index (κ1) is 12.7. The van der Waals surface area contributed by atoms with Crippen LogP contribution >= 0.6 is 0 Å². The largest absolute Gasteiger partial charge is 0.496 e. The smallest absolute Gasteiger partial charge is 0.233 e. The van der Waals surface area contributed by atoms with Gasteiger partial charge in [-0.25, -0.2) is 0 Å². The third kappa shape index (κ3) is 2.08. The van der Waals surface area contributed by atoms with Crippen LogP contribution in [0.4, 0.5) is 0 Å². The normalized spacial score (nSPS) is 17.3. The van der Waals surface area contributed by atoms with Gasteiger partial charge in [-0.3, -0.25) is 9.59 Å². The molecule has 0 bridgehead atoms. The van der Waals surface area contributed by atoms with E-state index in [1.807, 2.05) is 27.7 Å². The molecule has 16 heavy (non-hydrogen) atoms. The lowest BCUT2D eigenvalue weighted by molar-refractivity contribution is -0.133. The molecule has 3 nitrogen and oxygen atoms in total. The van der Waals surface area contributed by atoms with Gasteiger partial charge >= 0.3 is 0 Å². The molecular weight excluding hydrogens is 204 g/mol. The van der Waals surface area contributed by atoms with Gasteiger partial charge in [-0.15, -0.1) is 0 Å². The van der Waals surface area contributed by atoms with Crippen molar-refractivity contribution < 1.29 is 14.3 Å². The zero-order chi connectivity index (χ0) is 12.5. The molecule has 0 spiro atoms. The van der Waals surface area contributed by atoms with Crippen LogP contribution in [0.15, 0.2) is 23.0 Å². The van der Waals surface area contributed by atoms with Gasteiger partial charge in [-0.05, 0) is 17.9 Å². The summed E-state index contributed by atoms with van der Waals surface area (Å²) in [5.41, 5.74) is 1.02. The number of hydrogen-bond acceptors (Lipinski definition) is 3. The molecule has 0 amide bonds. The predicted molar refractivity (Wildman–Crippen MR) is 61.8 cm³/mol. The van der Waals surface area contributed by atoms with E-state index >= 15 is 0 Å². The first-order chi connectivity index (χ1) is 7.40. The molecule has 0 fully saturated rings. The van der Waals surface area contributed by atoms with Gasteiger partial charge in [0.2, 0.25) is 11.6 Å². The summed E-state index contributed by atoms with van der Waals surface area (Å²) in [6.07, 6.45) is 1.70. The number of rotatable bonds is 3. The molecule has 0 N–H and O–H groups in total. The Labute approximate surface area is 96.2 Å². The van der Waals surface area contributed by atoms with Crippen LogP contribution in [0.25, 0.3) is 0 Å². The summed E-state index contributed by atoms with van der Waals surface area (Å²) in [7, 11) is 1.52. The highest BCUT2D eigenvalue weighted by Gasteiger charge is 2.32. The fraction of sp³-hybridized carbons (Fsp3) is 0.538. The molecule has 0 aromatic heterocycles. The van der Waals surface area contributed by atoms with Gasteiger partial charge in [0.1, 0.15) is 5.76 Å². The molecule has 0 heterocycles. The fourth-order valence-corrected chi connectivity index (χ4v) is 1.79.